The molecule has 0 saturated carbocycles. The second kappa shape index (κ2) is 5.92. The lowest BCUT2D eigenvalue weighted by Crippen LogP contribution is -2.27. The van der Waals surface area contributed by atoms with E-state index >= 15 is 0 Å². The zero-order valence-corrected chi connectivity index (χ0v) is 12.5. The second-order valence-electron chi connectivity index (χ2n) is 5.13. The molecule has 0 aliphatic heterocycles. The molecule has 3 heterocycles. The first-order valence-corrected chi connectivity index (χ1v) is 7.03. The molecule has 8 nitrogen and oxygen atoms in total. The van der Waals surface area contributed by atoms with Crippen molar-refractivity contribution in [3.8, 4) is 0 Å². The van der Waals surface area contributed by atoms with Gasteiger partial charge in [0.15, 0.2) is 0 Å². The largest absolute Gasteiger partial charge is 0.340 e. The first-order chi connectivity index (χ1) is 10.6. The van der Waals surface area contributed by atoms with E-state index in [1.54, 1.807) is 22.8 Å². The molecule has 22 heavy (non-hydrogen) atoms. The number of amides is 1. The van der Waals surface area contributed by atoms with Crippen LogP contribution in [0.3, 0.4) is 0 Å². The van der Waals surface area contributed by atoms with Crippen LogP contribution >= 0.6 is 0 Å². The predicted molar refractivity (Wildman–Crippen MR) is 78.8 cm³/mol. The first kappa shape index (κ1) is 14.2. The van der Waals surface area contributed by atoms with E-state index in [0.717, 1.165) is 11.3 Å². The molecule has 0 fully saturated rings. The molecule has 0 N–H and O–H groups in total. The number of carbonyl (C=O) groups excluding carboxylic acids is 1. The first-order valence-electron chi connectivity index (χ1n) is 7.03. The molecule has 0 bridgehead atoms. The fourth-order valence-corrected chi connectivity index (χ4v) is 2.28. The number of imidazole rings is 1. The van der Waals surface area contributed by atoms with Crippen LogP contribution in [0.4, 0.5) is 0 Å². The lowest BCUT2D eigenvalue weighted by Gasteiger charge is -2.16. The van der Waals surface area contributed by atoms with Crippen LogP contribution < -0.4 is 0 Å². The van der Waals surface area contributed by atoms with Crippen LogP contribution in [0, 0.1) is 6.92 Å². The molecule has 0 radical (unpaired) electrons. The quantitative estimate of drug-likeness (QED) is 0.692. The summed E-state index contributed by atoms with van der Waals surface area (Å²) in [5.74, 6) is 0.748. The minimum atomic E-state index is 0.0424. The number of hydrogen-bond acceptors (Lipinski definition) is 5. The molecule has 1 amide bonds. The summed E-state index contributed by atoms with van der Waals surface area (Å²) in [7, 11) is 1.79. The maximum atomic E-state index is 12.2. The smallest absolute Gasteiger partial charge is 0.224 e. The van der Waals surface area contributed by atoms with Gasteiger partial charge in [0.25, 0.3) is 0 Å². The van der Waals surface area contributed by atoms with Gasteiger partial charge in [0.05, 0.1) is 25.0 Å². The van der Waals surface area contributed by atoms with Gasteiger partial charge in [-0.3, -0.25) is 4.79 Å². The Labute approximate surface area is 127 Å². The predicted octanol–water partition coefficient (Wildman–Crippen LogP) is 0.678. The average Bonchev–Trinajstić information content (AvgIpc) is 3.12. The van der Waals surface area contributed by atoms with Crippen LogP contribution in [0.25, 0.3) is 5.65 Å². The topological polar surface area (TPSA) is 81.2 Å². The van der Waals surface area contributed by atoms with E-state index in [1.165, 1.54) is 0 Å². The maximum absolute atomic E-state index is 12.2. The van der Waals surface area contributed by atoms with Gasteiger partial charge in [-0.1, -0.05) is 6.07 Å². The monoisotopic (exact) mass is 299 g/mol. The van der Waals surface area contributed by atoms with Gasteiger partial charge >= 0.3 is 0 Å². The van der Waals surface area contributed by atoms with E-state index in [2.05, 4.69) is 20.5 Å². The number of rotatable bonds is 5. The van der Waals surface area contributed by atoms with Crippen molar-refractivity contribution in [1.29, 1.82) is 0 Å². The Morgan fingerprint density at radius 1 is 1.36 bits per heavy atom. The third-order valence-corrected chi connectivity index (χ3v) is 3.57. The van der Waals surface area contributed by atoms with Crippen molar-refractivity contribution in [2.24, 2.45) is 0 Å². The van der Waals surface area contributed by atoms with Crippen molar-refractivity contribution in [3.63, 3.8) is 0 Å². The molecular formula is C14H17N7O. The zero-order chi connectivity index (χ0) is 15.5. The van der Waals surface area contributed by atoms with Crippen molar-refractivity contribution in [3.05, 3.63) is 42.1 Å². The van der Waals surface area contributed by atoms with Crippen LogP contribution in [0.2, 0.25) is 0 Å². The van der Waals surface area contributed by atoms with Gasteiger partial charge in [0.1, 0.15) is 11.5 Å². The van der Waals surface area contributed by atoms with Crippen LogP contribution in [0.1, 0.15) is 17.9 Å². The molecule has 0 spiro atoms. The molecule has 0 aliphatic carbocycles. The Morgan fingerprint density at radius 3 is 3.00 bits per heavy atom. The average molecular weight is 299 g/mol. The summed E-state index contributed by atoms with van der Waals surface area (Å²) in [6.45, 7) is 2.81. The SMILES string of the molecule is Cc1nnnn1CCC(=O)N(C)Cc1cnc2ccccn12. The molecule has 0 saturated heterocycles. The number of aromatic nitrogens is 6. The van der Waals surface area contributed by atoms with Gasteiger partial charge in [0.2, 0.25) is 5.91 Å². The minimum Gasteiger partial charge on any atom is -0.340 e. The maximum Gasteiger partial charge on any atom is 0.224 e. The Kier molecular flexibility index (Phi) is 3.82. The van der Waals surface area contributed by atoms with Gasteiger partial charge < -0.3 is 9.30 Å². The zero-order valence-electron chi connectivity index (χ0n) is 12.5. The van der Waals surface area contributed by atoms with Gasteiger partial charge in [-0.2, -0.15) is 0 Å². The van der Waals surface area contributed by atoms with Crippen LogP contribution in [0.5, 0.6) is 0 Å². The van der Waals surface area contributed by atoms with Crippen molar-refractivity contribution in [1.82, 2.24) is 34.5 Å². The number of carbonyl (C=O) groups is 1. The van der Waals surface area contributed by atoms with Crippen molar-refractivity contribution in [2.45, 2.75) is 26.4 Å². The molecule has 3 aromatic heterocycles. The van der Waals surface area contributed by atoms with Crippen molar-refractivity contribution >= 4 is 11.6 Å². The third kappa shape index (κ3) is 2.80. The summed E-state index contributed by atoms with van der Waals surface area (Å²) in [6.07, 6.45) is 4.10. The number of pyridine rings is 1. The lowest BCUT2D eigenvalue weighted by molar-refractivity contribution is -0.130. The highest BCUT2D eigenvalue weighted by Gasteiger charge is 2.13. The number of aryl methyl sites for hydroxylation is 2. The fraction of sp³-hybridized carbons (Fsp3) is 0.357. The Balaban J connectivity index is 1.62. The third-order valence-electron chi connectivity index (χ3n) is 3.57. The number of tetrazole rings is 1. The van der Waals surface area contributed by atoms with E-state index in [-0.39, 0.29) is 5.91 Å². The minimum absolute atomic E-state index is 0.0424. The standard InChI is InChI=1S/C14H17N7O/c1-11-16-17-18-21(11)8-6-14(22)19(2)10-12-9-15-13-5-3-4-7-20(12)13/h3-5,7,9H,6,8,10H2,1-2H3. The summed E-state index contributed by atoms with van der Waals surface area (Å²) < 4.78 is 3.61. The molecule has 0 aliphatic rings. The van der Waals surface area contributed by atoms with Crippen LogP contribution in [-0.2, 0) is 17.9 Å². The van der Waals surface area contributed by atoms with E-state index in [1.807, 2.05) is 35.7 Å². The molecule has 0 atom stereocenters. The van der Waals surface area contributed by atoms with Gasteiger partial charge in [-0.15, -0.1) is 5.10 Å². The van der Waals surface area contributed by atoms with E-state index in [4.69, 9.17) is 0 Å². The molecule has 3 rings (SSSR count). The van der Waals surface area contributed by atoms with Gasteiger partial charge in [0, 0.05) is 19.7 Å². The van der Waals surface area contributed by atoms with E-state index in [0.29, 0.717) is 25.3 Å². The van der Waals surface area contributed by atoms with Crippen LogP contribution in [0.15, 0.2) is 30.6 Å². The molecule has 114 valence electrons. The highest BCUT2D eigenvalue weighted by molar-refractivity contribution is 5.75. The molecule has 8 heteroatoms. The normalized spacial score (nSPS) is 11.0. The Bertz CT molecular complexity index is 791. The van der Waals surface area contributed by atoms with E-state index < -0.39 is 0 Å². The highest BCUT2D eigenvalue weighted by Crippen LogP contribution is 2.09. The number of nitrogens with zero attached hydrogens (tertiary/aromatic N) is 7. The summed E-state index contributed by atoms with van der Waals surface area (Å²) in [4.78, 5) is 18.2. The van der Waals surface area contributed by atoms with E-state index in [9.17, 15) is 4.79 Å². The van der Waals surface area contributed by atoms with Crippen LogP contribution in [-0.4, -0.2) is 47.4 Å². The Hall–Kier alpha value is -2.77. The fourth-order valence-electron chi connectivity index (χ4n) is 2.28. The summed E-state index contributed by atoms with van der Waals surface area (Å²) in [6, 6.07) is 5.82. The molecule has 0 aromatic carbocycles. The second-order valence-corrected chi connectivity index (χ2v) is 5.13. The van der Waals surface area contributed by atoms with Crippen molar-refractivity contribution in [2.75, 3.05) is 7.05 Å². The molecule has 0 unspecified atom stereocenters. The molecular weight excluding hydrogens is 282 g/mol. The van der Waals surface area contributed by atoms with Gasteiger partial charge in [-0.05, 0) is 29.5 Å². The summed E-state index contributed by atoms with van der Waals surface area (Å²) in [5.41, 5.74) is 1.85. The molecule has 3 aromatic rings. The lowest BCUT2D eigenvalue weighted by atomic mass is 10.3. The Morgan fingerprint density at radius 2 is 2.23 bits per heavy atom. The number of fused-ring (bicyclic) bond motifs is 1. The summed E-state index contributed by atoms with van der Waals surface area (Å²) >= 11 is 0. The summed E-state index contributed by atoms with van der Waals surface area (Å²) in [5, 5.41) is 11.2. The highest BCUT2D eigenvalue weighted by atomic mass is 16.2. The number of hydrogen-bond donors (Lipinski definition) is 0. The van der Waals surface area contributed by atoms with Gasteiger partial charge in [-0.25, -0.2) is 9.67 Å². The van der Waals surface area contributed by atoms with Crippen molar-refractivity contribution < 1.29 is 4.79 Å².